The summed E-state index contributed by atoms with van der Waals surface area (Å²) in [6, 6.07) is 3.12. The summed E-state index contributed by atoms with van der Waals surface area (Å²) < 4.78 is 80.3. The highest BCUT2D eigenvalue weighted by atomic mass is 35.5. The molecular formula is C19H20ClF5N4O5. The molecule has 1 aliphatic heterocycles. The molecule has 2 atom stereocenters. The molecule has 0 aliphatic carbocycles. The number of hydrogen-bond acceptors (Lipinski definition) is 8. The summed E-state index contributed by atoms with van der Waals surface area (Å²) in [6.45, 7) is -1.09. The Morgan fingerprint density at radius 1 is 1.24 bits per heavy atom. The smallest absolute Gasteiger partial charge is 0.484 e. The van der Waals surface area contributed by atoms with Gasteiger partial charge in [0, 0.05) is 18.2 Å². The van der Waals surface area contributed by atoms with Crippen molar-refractivity contribution in [1.29, 1.82) is 0 Å². The molecule has 188 valence electrons. The molecular weight excluding hydrogens is 495 g/mol. The van der Waals surface area contributed by atoms with Crippen molar-refractivity contribution in [3.05, 3.63) is 34.7 Å². The lowest BCUT2D eigenvalue weighted by atomic mass is 10.0. The van der Waals surface area contributed by atoms with E-state index >= 15 is 0 Å². The van der Waals surface area contributed by atoms with Crippen LogP contribution in [-0.4, -0.2) is 54.9 Å². The summed E-state index contributed by atoms with van der Waals surface area (Å²) in [6.07, 6.45) is -6.65. The van der Waals surface area contributed by atoms with Crippen LogP contribution < -0.4 is 20.1 Å². The van der Waals surface area contributed by atoms with Crippen molar-refractivity contribution in [3.63, 3.8) is 0 Å². The molecule has 3 rings (SSSR count). The Hall–Kier alpha value is -2.71. The van der Waals surface area contributed by atoms with Gasteiger partial charge in [-0.25, -0.2) is 8.78 Å². The van der Waals surface area contributed by atoms with Crippen LogP contribution in [0.3, 0.4) is 0 Å². The number of amides is 1. The number of ether oxygens (including phenoxy) is 3. The van der Waals surface area contributed by atoms with E-state index in [1.807, 2.05) is 0 Å². The first-order chi connectivity index (χ1) is 16.1. The molecule has 0 saturated carbocycles. The zero-order valence-electron chi connectivity index (χ0n) is 17.4. The van der Waals surface area contributed by atoms with E-state index in [0.29, 0.717) is 19.4 Å². The molecule has 1 amide bonds. The third kappa shape index (κ3) is 7.95. The summed E-state index contributed by atoms with van der Waals surface area (Å²) in [5.74, 6) is -0.0244. The number of halogens is 6. The highest BCUT2D eigenvalue weighted by molar-refractivity contribution is 6.31. The van der Waals surface area contributed by atoms with Crippen LogP contribution in [0.2, 0.25) is 5.02 Å². The van der Waals surface area contributed by atoms with Crippen LogP contribution in [0.5, 0.6) is 11.8 Å². The molecule has 1 aromatic carbocycles. The van der Waals surface area contributed by atoms with Crippen LogP contribution in [0.15, 0.2) is 22.6 Å². The number of rotatable bonds is 10. The van der Waals surface area contributed by atoms with E-state index in [0.717, 1.165) is 6.07 Å². The Kier molecular flexibility index (Phi) is 8.85. The van der Waals surface area contributed by atoms with Crippen LogP contribution in [0.1, 0.15) is 36.8 Å². The van der Waals surface area contributed by atoms with Gasteiger partial charge < -0.3 is 24.5 Å². The van der Waals surface area contributed by atoms with Crippen molar-refractivity contribution in [1.82, 2.24) is 20.8 Å². The largest absolute Gasteiger partial charge is 0.522 e. The topological polar surface area (TPSA) is 108 Å². The Morgan fingerprint density at radius 2 is 2.03 bits per heavy atom. The third-order valence-electron chi connectivity index (χ3n) is 4.65. The van der Waals surface area contributed by atoms with E-state index in [2.05, 4.69) is 25.6 Å². The lowest BCUT2D eigenvalue weighted by Gasteiger charge is -2.28. The van der Waals surface area contributed by atoms with Gasteiger partial charge >= 0.3 is 12.4 Å². The Morgan fingerprint density at radius 3 is 2.68 bits per heavy atom. The number of benzene rings is 1. The highest BCUT2D eigenvalue weighted by Crippen LogP contribution is 2.30. The molecule has 1 aromatic heterocycles. The maximum atomic E-state index is 12.7. The van der Waals surface area contributed by atoms with E-state index in [9.17, 15) is 26.7 Å². The van der Waals surface area contributed by atoms with E-state index in [-0.39, 0.29) is 47.0 Å². The molecule has 2 N–H and O–H groups in total. The lowest BCUT2D eigenvalue weighted by molar-refractivity contribution is -0.325. The van der Waals surface area contributed by atoms with Crippen LogP contribution in [0.4, 0.5) is 22.0 Å². The van der Waals surface area contributed by atoms with Gasteiger partial charge in [-0.3, -0.25) is 9.53 Å². The normalized spacial score (nSPS) is 18.7. The number of piperidine rings is 1. The summed E-state index contributed by atoms with van der Waals surface area (Å²) in [4.78, 5) is 12.1. The molecule has 9 nitrogen and oxygen atoms in total. The van der Waals surface area contributed by atoms with Crippen LogP contribution in [-0.2, 0) is 9.53 Å². The molecule has 2 aromatic rings. The average molecular weight is 515 g/mol. The van der Waals surface area contributed by atoms with Gasteiger partial charge in [0.2, 0.25) is 5.89 Å². The van der Waals surface area contributed by atoms with Gasteiger partial charge in [-0.15, -0.1) is 18.3 Å². The van der Waals surface area contributed by atoms with Gasteiger partial charge in [0.15, 0.2) is 6.61 Å². The number of aromatic nitrogens is 2. The predicted octanol–water partition coefficient (Wildman–Crippen LogP) is 3.56. The molecule has 0 bridgehead atoms. The van der Waals surface area contributed by atoms with E-state index < -0.39 is 31.9 Å². The second-order valence-electron chi connectivity index (χ2n) is 7.12. The summed E-state index contributed by atoms with van der Waals surface area (Å²) in [7, 11) is 0. The van der Waals surface area contributed by atoms with Gasteiger partial charge in [-0.05, 0) is 31.0 Å². The monoisotopic (exact) mass is 514 g/mol. The van der Waals surface area contributed by atoms with Crippen LogP contribution >= 0.6 is 11.6 Å². The molecule has 34 heavy (non-hydrogen) atoms. The number of nitrogens with one attached hydrogen (secondary N) is 2. The second kappa shape index (κ2) is 11.6. The van der Waals surface area contributed by atoms with Crippen LogP contribution in [0, 0.1) is 0 Å². The molecule has 1 fully saturated rings. The second-order valence-corrected chi connectivity index (χ2v) is 7.53. The van der Waals surface area contributed by atoms with E-state index in [1.54, 1.807) is 0 Å². The van der Waals surface area contributed by atoms with Crippen molar-refractivity contribution >= 4 is 17.5 Å². The summed E-state index contributed by atoms with van der Waals surface area (Å²) in [5.41, 5.74) is -0.322. The van der Waals surface area contributed by atoms with Crippen molar-refractivity contribution in [3.8, 4) is 11.8 Å². The van der Waals surface area contributed by atoms with Crippen molar-refractivity contribution < 1.29 is 45.4 Å². The van der Waals surface area contributed by atoms with Crippen molar-refractivity contribution in [2.75, 3.05) is 26.4 Å². The molecule has 15 heteroatoms. The molecule has 1 aliphatic rings. The molecule has 0 unspecified atom stereocenters. The fraction of sp³-hybridized carbons (Fsp3) is 0.526. The Bertz CT molecular complexity index is 953. The minimum Gasteiger partial charge on any atom is -0.484 e. The van der Waals surface area contributed by atoms with E-state index in [1.165, 1.54) is 12.1 Å². The Labute approximate surface area is 194 Å². The standard InChI is InChI=1S/C19H20ClF5N4O5/c20-13-7-11(2-3-12(13)16(21)22)32-9-15(30)27-10-1-4-14(26-8-10)17-28-29-18(34-17)31-5-6-33-19(23,24)25/h2-3,7,10,14,16,26H,1,4-6,8-9H2,(H,27,30)/t10-,14+/m0/s1. The van der Waals surface area contributed by atoms with Crippen molar-refractivity contribution in [2.45, 2.75) is 37.7 Å². The molecule has 2 heterocycles. The fourth-order valence-electron chi connectivity index (χ4n) is 3.09. The first kappa shape index (κ1) is 25.9. The SMILES string of the molecule is O=C(COc1ccc(C(F)F)c(Cl)c1)N[C@H]1CC[C@H](c2nnc(OCCOC(F)(F)F)o2)NC1. The minimum absolute atomic E-state index is 0.153. The third-order valence-corrected chi connectivity index (χ3v) is 4.98. The van der Waals surface area contributed by atoms with E-state index in [4.69, 9.17) is 25.5 Å². The van der Waals surface area contributed by atoms with Gasteiger partial charge in [0.05, 0.1) is 17.7 Å². The Balaban J connectivity index is 1.37. The number of carbonyl (C=O) groups excluding carboxylic acids is 1. The maximum Gasteiger partial charge on any atom is 0.522 e. The zero-order chi connectivity index (χ0) is 24.7. The van der Waals surface area contributed by atoms with Gasteiger partial charge in [0.25, 0.3) is 12.3 Å². The lowest BCUT2D eigenvalue weighted by Crippen LogP contribution is -2.48. The molecule has 0 spiro atoms. The van der Waals surface area contributed by atoms with Crippen molar-refractivity contribution in [2.24, 2.45) is 0 Å². The number of alkyl halides is 5. The molecule has 1 saturated heterocycles. The highest BCUT2D eigenvalue weighted by Gasteiger charge is 2.29. The number of nitrogens with zero attached hydrogens (tertiary/aromatic N) is 2. The van der Waals surface area contributed by atoms with Gasteiger partial charge in [-0.2, -0.15) is 0 Å². The molecule has 0 radical (unpaired) electrons. The van der Waals surface area contributed by atoms with Gasteiger partial charge in [-0.1, -0.05) is 16.7 Å². The summed E-state index contributed by atoms with van der Waals surface area (Å²) in [5, 5.41) is 13.2. The minimum atomic E-state index is -4.75. The first-order valence-corrected chi connectivity index (χ1v) is 10.4. The van der Waals surface area contributed by atoms with Gasteiger partial charge in [0.1, 0.15) is 12.4 Å². The number of hydrogen-bond donors (Lipinski definition) is 2. The quantitative estimate of drug-likeness (QED) is 0.366. The van der Waals surface area contributed by atoms with Crippen LogP contribution in [0.25, 0.3) is 0 Å². The average Bonchev–Trinajstić information content (AvgIpc) is 3.24. The maximum absolute atomic E-state index is 12.7. The number of carbonyl (C=O) groups is 1. The fourth-order valence-corrected chi connectivity index (χ4v) is 3.34. The first-order valence-electron chi connectivity index (χ1n) is 10.0. The zero-order valence-corrected chi connectivity index (χ0v) is 18.2. The summed E-state index contributed by atoms with van der Waals surface area (Å²) >= 11 is 5.77. The predicted molar refractivity (Wildman–Crippen MR) is 106 cm³/mol.